The van der Waals surface area contributed by atoms with E-state index in [0.29, 0.717) is 0 Å². The van der Waals surface area contributed by atoms with E-state index in [1.165, 1.54) is 24.3 Å². The lowest BCUT2D eigenvalue weighted by Gasteiger charge is -2.43. The Morgan fingerprint density at radius 2 is 1.28 bits per heavy atom. The lowest BCUT2D eigenvalue weighted by atomic mass is 9.70. The Morgan fingerprint density at radius 3 is 1.83 bits per heavy atom. The second-order valence-electron chi connectivity index (χ2n) is 6.98. The monoisotopic (exact) mass is 439 g/mol. The number of hydrogen-bond acceptors (Lipinski definition) is 3. The van der Waals surface area contributed by atoms with Crippen LogP contribution < -0.4 is 0 Å². The molecule has 0 saturated heterocycles. The van der Waals surface area contributed by atoms with Crippen molar-refractivity contribution in [1.82, 2.24) is 4.31 Å². The molecule has 1 heterocycles. The number of allylic oxidation sites excluding steroid dienone is 2. The van der Waals surface area contributed by atoms with E-state index in [1.54, 1.807) is 12.1 Å². The number of hydrogen-bond donors (Lipinski definition) is 0. The molecule has 0 fully saturated rings. The van der Waals surface area contributed by atoms with Crippen LogP contribution in [-0.4, -0.2) is 26.7 Å². The van der Waals surface area contributed by atoms with E-state index in [9.17, 15) is 27.2 Å². The number of rotatable bonds is 2. The maximum Gasteiger partial charge on any atom is 0.271 e. The largest absolute Gasteiger partial charge is 0.271 e. The summed E-state index contributed by atoms with van der Waals surface area (Å²) in [6.07, 6.45) is 3.05. The van der Waals surface area contributed by atoms with Crippen LogP contribution in [0.3, 0.4) is 0 Å². The van der Waals surface area contributed by atoms with E-state index in [1.807, 2.05) is 0 Å². The first-order valence-corrected chi connectivity index (χ1v) is 9.93. The minimum absolute atomic E-state index is 0.235. The van der Waals surface area contributed by atoms with Crippen molar-refractivity contribution in [2.24, 2.45) is 0 Å². The maximum atomic E-state index is 14.5. The molecule has 3 aliphatic carbocycles. The summed E-state index contributed by atoms with van der Waals surface area (Å²) in [5, 5.41) is -1.63. The number of halogens is 5. The van der Waals surface area contributed by atoms with Crippen molar-refractivity contribution in [1.29, 1.82) is 0 Å². The Morgan fingerprint density at radius 1 is 0.793 bits per heavy atom. The molecule has 6 rings (SSSR count). The van der Waals surface area contributed by atoms with Gasteiger partial charge in [-0.25, -0.2) is 21.9 Å². The Hall–Kier alpha value is -2.32. The average molecular weight is 440 g/mol. The molecule has 2 aromatic rings. The minimum Gasteiger partial charge on any atom is -0.268 e. The Kier molecular flexibility index (Phi) is 4.08. The van der Waals surface area contributed by atoms with E-state index in [-0.39, 0.29) is 22.3 Å². The molecule has 0 saturated carbocycles. The topological polar surface area (TPSA) is 37.4 Å². The normalized spacial score (nSPS) is 26.9. The third kappa shape index (κ3) is 2.39. The van der Waals surface area contributed by atoms with Crippen LogP contribution in [0.1, 0.15) is 43.7 Å². The van der Waals surface area contributed by atoms with Crippen LogP contribution in [0.5, 0.6) is 0 Å². The van der Waals surface area contributed by atoms with Gasteiger partial charge in [0.15, 0.2) is 23.3 Å². The number of fused-ring (bicyclic) bond motifs is 2. The molecule has 148 valence electrons. The lowest BCUT2D eigenvalue weighted by Crippen LogP contribution is -2.43. The summed E-state index contributed by atoms with van der Waals surface area (Å²) in [6, 6.07) is 6.28. The van der Waals surface area contributed by atoms with E-state index < -0.39 is 57.5 Å². The minimum atomic E-state index is -1.89. The molecule has 4 unspecified atom stereocenters. The van der Waals surface area contributed by atoms with Crippen molar-refractivity contribution in [3.8, 4) is 0 Å². The zero-order valence-electron chi connectivity index (χ0n) is 14.3. The van der Waals surface area contributed by atoms with Crippen LogP contribution in [-0.2, 0) is 0 Å². The van der Waals surface area contributed by atoms with E-state index in [2.05, 4.69) is 0 Å². The van der Waals surface area contributed by atoms with Crippen LogP contribution in [0, 0.1) is 23.3 Å². The number of benzene rings is 2. The molecule has 4 atom stereocenters. The molecule has 2 aromatic carbocycles. The van der Waals surface area contributed by atoms with Crippen molar-refractivity contribution in [2.75, 3.05) is 0 Å². The van der Waals surface area contributed by atoms with Gasteiger partial charge in [-0.1, -0.05) is 24.3 Å². The molecular weight excluding hydrogens is 430 g/mol. The first-order valence-electron chi connectivity index (χ1n) is 8.65. The van der Waals surface area contributed by atoms with Crippen LogP contribution >= 0.6 is 23.5 Å². The molecule has 0 N–H and O–H groups in total. The first kappa shape index (κ1) is 18.7. The van der Waals surface area contributed by atoms with Crippen molar-refractivity contribution in [2.45, 2.75) is 22.5 Å². The van der Waals surface area contributed by atoms with Gasteiger partial charge in [0.1, 0.15) is 0 Å². The number of alkyl halides is 1. The highest BCUT2D eigenvalue weighted by atomic mass is 35.5. The van der Waals surface area contributed by atoms with Gasteiger partial charge >= 0.3 is 0 Å². The zero-order chi connectivity index (χ0) is 20.6. The molecule has 29 heavy (non-hydrogen) atoms. The summed E-state index contributed by atoms with van der Waals surface area (Å²) in [5.41, 5.74) is -0.162. The second kappa shape index (κ2) is 6.34. The smallest absolute Gasteiger partial charge is 0.268 e. The number of imide groups is 1. The first-order chi connectivity index (χ1) is 13.8. The fraction of sp³-hybridized carbons (Fsp3) is 0.200. The Balaban J connectivity index is 1.56. The highest BCUT2D eigenvalue weighted by molar-refractivity contribution is 7.98. The van der Waals surface area contributed by atoms with Crippen molar-refractivity contribution >= 4 is 35.4 Å². The highest BCUT2D eigenvalue weighted by Crippen LogP contribution is 2.54. The predicted molar refractivity (Wildman–Crippen MR) is 98.9 cm³/mol. The second-order valence-corrected chi connectivity index (χ2v) is 8.61. The van der Waals surface area contributed by atoms with Crippen LogP contribution in [0.15, 0.2) is 36.4 Å². The summed E-state index contributed by atoms with van der Waals surface area (Å²) in [5.74, 6) is -9.65. The molecular formula is C20H10ClF4NO2S. The van der Waals surface area contributed by atoms with Gasteiger partial charge in [-0.3, -0.25) is 9.59 Å². The quantitative estimate of drug-likeness (QED) is 0.127. The standard InChI is InChI=1S/C20H10ClF4NO2S/c21-13-9-5-6-10(12-11(9)14(22)16(24)17(25)15(12)23)18(13)29-26-19(27)7-3-1-2-4-8(7)20(26)28/h1-6,9-10,13,18H. The van der Waals surface area contributed by atoms with Gasteiger partial charge < -0.3 is 0 Å². The third-order valence-electron chi connectivity index (χ3n) is 5.53. The number of carbonyl (C=O) groups excluding carboxylic acids is 2. The number of carbonyl (C=O) groups is 2. The van der Waals surface area contributed by atoms with Crippen molar-refractivity contribution in [3.63, 3.8) is 0 Å². The third-order valence-corrected chi connectivity index (χ3v) is 7.59. The maximum absolute atomic E-state index is 14.5. The summed E-state index contributed by atoms with van der Waals surface area (Å²) >= 11 is 7.29. The zero-order valence-corrected chi connectivity index (χ0v) is 15.9. The molecule has 4 aliphatic rings. The van der Waals surface area contributed by atoms with Gasteiger partial charge in [0.05, 0.1) is 21.8 Å². The fourth-order valence-electron chi connectivity index (χ4n) is 4.20. The lowest BCUT2D eigenvalue weighted by molar-refractivity contribution is 0.0776. The molecule has 0 spiro atoms. The fourth-order valence-corrected chi connectivity index (χ4v) is 5.98. The molecule has 3 nitrogen and oxygen atoms in total. The number of amides is 2. The van der Waals surface area contributed by atoms with Gasteiger partial charge in [0.25, 0.3) is 11.8 Å². The molecule has 2 amide bonds. The van der Waals surface area contributed by atoms with Crippen LogP contribution in [0.2, 0.25) is 0 Å². The molecule has 2 bridgehead atoms. The number of nitrogens with zero attached hydrogens (tertiary/aromatic N) is 1. The molecule has 9 heteroatoms. The molecule has 1 aliphatic heterocycles. The van der Waals surface area contributed by atoms with Gasteiger partial charge in [-0.05, 0) is 24.1 Å². The highest BCUT2D eigenvalue weighted by Gasteiger charge is 2.50. The van der Waals surface area contributed by atoms with Gasteiger partial charge in [-0.2, -0.15) is 0 Å². The SMILES string of the molecule is O=C1c2ccccc2C(=O)N1SC1C2C=CC(c3c(F)c(F)c(F)c(F)c32)C1Cl. The van der Waals surface area contributed by atoms with E-state index in [4.69, 9.17) is 11.6 Å². The summed E-state index contributed by atoms with van der Waals surface area (Å²) in [7, 11) is 0. The summed E-state index contributed by atoms with van der Waals surface area (Å²) < 4.78 is 57.5. The van der Waals surface area contributed by atoms with Gasteiger partial charge in [0, 0.05) is 23.0 Å². The van der Waals surface area contributed by atoms with Crippen molar-refractivity contribution in [3.05, 3.63) is 81.9 Å². The van der Waals surface area contributed by atoms with E-state index in [0.717, 1.165) is 16.3 Å². The molecule has 0 radical (unpaired) electrons. The molecule has 0 aromatic heterocycles. The summed E-state index contributed by atoms with van der Waals surface area (Å²) in [6.45, 7) is 0. The van der Waals surface area contributed by atoms with Crippen molar-refractivity contribution < 1.29 is 27.2 Å². The van der Waals surface area contributed by atoms with Gasteiger partial charge in [0.2, 0.25) is 0 Å². The predicted octanol–water partition coefficient (Wildman–Crippen LogP) is 4.91. The van der Waals surface area contributed by atoms with E-state index >= 15 is 0 Å². The van der Waals surface area contributed by atoms with Gasteiger partial charge in [-0.15, -0.1) is 11.6 Å². The van der Waals surface area contributed by atoms with Crippen LogP contribution in [0.25, 0.3) is 0 Å². The Bertz CT molecular complexity index is 1100. The average Bonchev–Trinajstić information content (AvgIpc) is 2.97. The summed E-state index contributed by atoms with van der Waals surface area (Å²) in [4.78, 5) is 25.3. The van der Waals surface area contributed by atoms with Crippen LogP contribution in [0.4, 0.5) is 17.6 Å². The Labute approximate surface area is 171 Å².